The van der Waals surface area contributed by atoms with Gasteiger partial charge in [-0.15, -0.1) is 0 Å². The number of rotatable bonds is 0. The molecule has 0 atom stereocenters. The Bertz CT molecular complexity index is 89.5. The van der Waals surface area contributed by atoms with E-state index >= 15 is 0 Å². The summed E-state index contributed by atoms with van der Waals surface area (Å²) in [7, 11) is 0. The third-order valence-corrected chi connectivity index (χ3v) is 2.04. The van der Waals surface area contributed by atoms with Crippen molar-refractivity contribution in [3.63, 3.8) is 0 Å². The molecule has 0 heterocycles. The summed E-state index contributed by atoms with van der Waals surface area (Å²) in [4.78, 5) is 0. The minimum Gasteiger partial charge on any atom is -0.390 e. The average Bonchev–Trinajstić information content (AvgIpc) is 1.27. The van der Waals surface area contributed by atoms with E-state index in [1.165, 1.54) is 0 Å². The molecule has 0 saturated heterocycles. The number of hydrogen-bond acceptors (Lipinski definition) is 2. The Morgan fingerprint density at radius 1 is 1.29 bits per heavy atom. The molecular formula is C5H9NO. The van der Waals surface area contributed by atoms with Gasteiger partial charge in [0, 0.05) is 5.54 Å². The van der Waals surface area contributed by atoms with Crippen molar-refractivity contribution in [2.24, 2.45) is 5.73 Å². The zero-order valence-electron chi connectivity index (χ0n) is 4.15. The first kappa shape index (κ1) is 3.87. The normalized spacial score (nSPS) is 66.0. The van der Waals surface area contributed by atoms with Crippen molar-refractivity contribution in [3.05, 3.63) is 0 Å². The summed E-state index contributed by atoms with van der Waals surface area (Å²) in [5, 5.41) is 9.06. The predicted molar refractivity (Wildman–Crippen MR) is 25.7 cm³/mol. The predicted octanol–water partition coefficient (Wildman–Crippen LogP) is -0.388. The van der Waals surface area contributed by atoms with Crippen LogP contribution in [0.25, 0.3) is 0 Å². The van der Waals surface area contributed by atoms with Crippen molar-refractivity contribution in [2.45, 2.75) is 30.4 Å². The van der Waals surface area contributed by atoms with E-state index in [9.17, 15) is 0 Å². The molecule has 2 heteroatoms. The first-order valence-electron chi connectivity index (χ1n) is 2.63. The molecule has 2 nitrogen and oxygen atoms in total. The van der Waals surface area contributed by atoms with Crippen LogP contribution >= 0.6 is 0 Å². The average molecular weight is 99.1 g/mol. The Labute approximate surface area is 42.3 Å². The summed E-state index contributed by atoms with van der Waals surface area (Å²) in [6, 6.07) is 0. The fourth-order valence-corrected chi connectivity index (χ4v) is 1.81. The van der Waals surface area contributed by atoms with E-state index < -0.39 is 0 Å². The van der Waals surface area contributed by atoms with Gasteiger partial charge in [-0.2, -0.15) is 0 Å². The third-order valence-electron chi connectivity index (χ3n) is 2.04. The highest BCUT2D eigenvalue weighted by atomic mass is 16.3. The second kappa shape index (κ2) is 0.644. The lowest BCUT2D eigenvalue weighted by molar-refractivity contribution is -0.205. The van der Waals surface area contributed by atoms with Crippen molar-refractivity contribution in [1.82, 2.24) is 0 Å². The van der Waals surface area contributed by atoms with Gasteiger partial charge in [-0.1, -0.05) is 0 Å². The lowest BCUT2D eigenvalue weighted by atomic mass is 9.47. The Morgan fingerprint density at radius 2 is 1.71 bits per heavy atom. The van der Waals surface area contributed by atoms with Gasteiger partial charge < -0.3 is 10.8 Å². The molecule has 3 rings (SSSR count). The van der Waals surface area contributed by atoms with E-state index in [2.05, 4.69) is 0 Å². The van der Waals surface area contributed by atoms with Gasteiger partial charge in [0.25, 0.3) is 0 Å². The van der Waals surface area contributed by atoms with Crippen LogP contribution in [0.5, 0.6) is 0 Å². The van der Waals surface area contributed by atoms with Gasteiger partial charge in [-0.3, -0.25) is 0 Å². The smallest absolute Gasteiger partial charge is 0.0700 e. The molecule has 0 unspecified atom stereocenters. The van der Waals surface area contributed by atoms with Crippen LogP contribution in [0.2, 0.25) is 0 Å². The number of aliphatic hydroxyl groups is 1. The molecule has 3 aliphatic carbocycles. The molecule has 40 valence electrons. The standard InChI is InChI=1S/C5H9NO/c6-4-1-5(7,2-4)3-4/h7H,1-3,6H2. The first-order valence-corrected chi connectivity index (χ1v) is 2.63. The summed E-state index contributed by atoms with van der Waals surface area (Å²) in [6.07, 6.45) is 2.54. The molecule has 0 aliphatic heterocycles. The summed E-state index contributed by atoms with van der Waals surface area (Å²) >= 11 is 0. The first-order chi connectivity index (χ1) is 3.12. The lowest BCUT2D eigenvalue weighted by Crippen LogP contribution is -2.76. The number of nitrogens with two attached hydrogens (primary N) is 1. The van der Waals surface area contributed by atoms with E-state index in [0.717, 1.165) is 19.3 Å². The molecule has 0 aromatic carbocycles. The molecule has 0 amide bonds. The minimum atomic E-state index is -0.297. The van der Waals surface area contributed by atoms with Gasteiger partial charge in [0.1, 0.15) is 0 Å². The number of hydrogen-bond donors (Lipinski definition) is 2. The van der Waals surface area contributed by atoms with Crippen molar-refractivity contribution in [1.29, 1.82) is 0 Å². The topological polar surface area (TPSA) is 46.2 Å². The van der Waals surface area contributed by atoms with Crippen molar-refractivity contribution < 1.29 is 5.11 Å². The maximum Gasteiger partial charge on any atom is 0.0700 e. The van der Waals surface area contributed by atoms with E-state index in [4.69, 9.17) is 10.8 Å². The quantitative estimate of drug-likeness (QED) is 0.434. The monoisotopic (exact) mass is 99.1 g/mol. The van der Waals surface area contributed by atoms with Crippen LogP contribution < -0.4 is 5.73 Å². The summed E-state index contributed by atoms with van der Waals surface area (Å²) < 4.78 is 0. The highest BCUT2D eigenvalue weighted by molar-refractivity contribution is 5.22. The third kappa shape index (κ3) is 0.283. The highest BCUT2D eigenvalue weighted by Gasteiger charge is 2.65. The zero-order valence-corrected chi connectivity index (χ0v) is 4.15. The van der Waals surface area contributed by atoms with E-state index in [1.807, 2.05) is 0 Å². The molecule has 3 saturated carbocycles. The van der Waals surface area contributed by atoms with Gasteiger partial charge in [-0.05, 0) is 19.3 Å². The Hall–Kier alpha value is -0.0800. The molecule has 7 heavy (non-hydrogen) atoms. The van der Waals surface area contributed by atoms with Crippen molar-refractivity contribution in [3.8, 4) is 0 Å². The van der Waals surface area contributed by atoms with Crippen LogP contribution in [0.1, 0.15) is 19.3 Å². The van der Waals surface area contributed by atoms with Crippen LogP contribution in [0.3, 0.4) is 0 Å². The van der Waals surface area contributed by atoms with Crippen LogP contribution in [0.15, 0.2) is 0 Å². The van der Waals surface area contributed by atoms with Gasteiger partial charge in [0.2, 0.25) is 0 Å². The SMILES string of the molecule is NC12CC(O)(C1)C2. The van der Waals surface area contributed by atoms with E-state index in [-0.39, 0.29) is 11.1 Å². The second-order valence-corrected chi connectivity index (χ2v) is 3.12. The van der Waals surface area contributed by atoms with Gasteiger partial charge in [0.05, 0.1) is 5.60 Å². The fraction of sp³-hybridized carbons (Fsp3) is 1.00. The second-order valence-electron chi connectivity index (χ2n) is 3.12. The lowest BCUT2D eigenvalue weighted by Gasteiger charge is -2.65. The van der Waals surface area contributed by atoms with Gasteiger partial charge in [-0.25, -0.2) is 0 Å². The summed E-state index contributed by atoms with van der Waals surface area (Å²) in [6.45, 7) is 0. The maximum atomic E-state index is 9.06. The van der Waals surface area contributed by atoms with E-state index in [0.29, 0.717) is 0 Å². The van der Waals surface area contributed by atoms with Crippen molar-refractivity contribution >= 4 is 0 Å². The molecule has 0 radical (unpaired) electrons. The largest absolute Gasteiger partial charge is 0.390 e. The Kier molecular flexibility index (Phi) is 0.356. The molecule has 0 aromatic rings. The molecule has 0 aromatic heterocycles. The summed E-state index contributed by atoms with van der Waals surface area (Å²) in [5.41, 5.74) is 5.39. The molecule has 2 bridgehead atoms. The highest BCUT2D eigenvalue weighted by Crippen LogP contribution is 2.58. The molecule has 3 fully saturated rings. The van der Waals surface area contributed by atoms with E-state index in [1.54, 1.807) is 0 Å². The fourth-order valence-electron chi connectivity index (χ4n) is 1.81. The van der Waals surface area contributed by atoms with Crippen LogP contribution in [-0.2, 0) is 0 Å². The molecule has 0 spiro atoms. The molecule has 3 aliphatic rings. The van der Waals surface area contributed by atoms with Gasteiger partial charge in [0.15, 0.2) is 0 Å². The van der Waals surface area contributed by atoms with Crippen LogP contribution in [0, 0.1) is 0 Å². The molecule has 3 N–H and O–H groups in total. The summed E-state index contributed by atoms with van der Waals surface area (Å²) in [5.74, 6) is 0. The van der Waals surface area contributed by atoms with Crippen molar-refractivity contribution in [2.75, 3.05) is 0 Å². The zero-order chi connectivity index (χ0) is 5.12. The Balaban J connectivity index is 2.16. The maximum absolute atomic E-state index is 9.06. The van der Waals surface area contributed by atoms with Crippen LogP contribution in [0.4, 0.5) is 0 Å². The van der Waals surface area contributed by atoms with Crippen LogP contribution in [-0.4, -0.2) is 16.2 Å². The minimum absolute atomic E-state index is 0.0781. The molecular weight excluding hydrogens is 90.1 g/mol. The Morgan fingerprint density at radius 3 is 1.71 bits per heavy atom. The van der Waals surface area contributed by atoms with Gasteiger partial charge >= 0.3 is 0 Å².